The zero-order chi connectivity index (χ0) is 31.0. The summed E-state index contributed by atoms with van der Waals surface area (Å²) in [4.78, 5) is 29.3. The fourth-order valence-corrected chi connectivity index (χ4v) is 6.18. The van der Waals surface area contributed by atoms with Crippen molar-refractivity contribution in [2.75, 3.05) is 36.4 Å². The Hall–Kier alpha value is -3.47. The van der Waals surface area contributed by atoms with Gasteiger partial charge in [-0.2, -0.15) is 0 Å². The number of anilines is 1. The lowest BCUT2D eigenvalue weighted by molar-refractivity contribution is -0.140. The number of hydrogen-bond acceptors (Lipinski definition) is 6. The quantitative estimate of drug-likeness (QED) is 0.277. The molecule has 1 aliphatic heterocycles. The van der Waals surface area contributed by atoms with Crippen LogP contribution >= 0.6 is 23.2 Å². The number of hydrogen-bond donors (Lipinski definition) is 1. The van der Waals surface area contributed by atoms with Gasteiger partial charge in [-0.05, 0) is 48.7 Å². The molecule has 0 saturated carbocycles. The van der Waals surface area contributed by atoms with Gasteiger partial charge in [-0.25, -0.2) is 8.42 Å². The van der Waals surface area contributed by atoms with Crippen molar-refractivity contribution in [3.8, 4) is 11.5 Å². The van der Waals surface area contributed by atoms with Crippen LogP contribution in [0.4, 0.5) is 5.69 Å². The molecule has 1 aliphatic rings. The van der Waals surface area contributed by atoms with Gasteiger partial charge in [0, 0.05) is 35.6 Å². The number of fused-ring (bicyclic) bond motifs is 1. The summed E-state index contributed by atoms with van der Waals surface area (Å²) < 4.78 is 39.1. The molecule has 230 valence electrons. The largest absolute Gasteiger partial charge is 0.486 e. The highest BCUT2D eigenvalue weighted by molar-refractivity contribution is 7.92. The maximum Gasteiger partial charge on any atom is 0.244 e. The number of halogens is 2. The van der Waals surface area contributed by atoms with Crippen LogP contribution < -0.4 is 19.1 Å². The third-order valence-corrected chi connectivity index (χ3v) is 9.30. The third-order valence-electron chi connectivity index (χ3n) is 6.97. The molecule has 12 heteroatoms. The summed E-state index contributed by atoms with van der Waals surface area (Å²) in [6, 6.07) is 18.0. The minimum absolute atomic E-state index is 0.0486. The highest BCUT2D eigenvalue weighted by Crippen LogP contribution is 2.35. The second-order valence-electron chi connectivity index (χ2n) is 9.99. The van der Waals surface area contributed by atoms with E-state index in [1.165, 1.54) is 11.8 Å². The Bertz CT molecular complexity index is 1540. The standard InChI is InChI=1S/C31H35Cl2N3O6S/c1-3-14-34-31(38)27(17-22-8-6-5-7-9-22)35(20-23-10-11-24(32)18-26(23)33)30(37)21-36(43(39,40)4-2)25-12-13-28-29(19-25)42-16-15-41-28/h5-13,18-19,27H,3-4,14-17,20-21H2,1-2H3,(H,34,38)/t27-/m1/s1. The number of benzene rings is 3. The highest BCUT2D eigenvalue weighted by Gasteiger charge is 2.34. The number of nitrogens with one attached hydrogen (secondary N) is 1. The molecule has 3 aromatic carbocycles. The van der Waals surface area contributed by atoms with E-state index in [2.05, 4.69) is 5.32 Å². The fourth-order valence-electron chi connectivity index (χ4n) is 4.66. The average molecular weight is 649 g/mol. The van der Waals surface area contributed by atoms with Gasteiger partial charge in [0.15, 0.2) is 11.5 Å². The van der Waals surface area contributed by atoms with E-state index in [0.29, 0.717) is 53.3 Å². The van der Waals surface area contributed by atoms with E-state index in [1.54, 1.807) is 36.4 Å². The number of ether oxygens (including phenoxy) is 2. The van der Waals surface area contributed by atoms with Gasteiger partial charge in [0.1, 0.15) is 25.8 Å². The summed E-state index contributed by atoms with van der Waals surface area (Å²) in [5.74, 6) is -0.302. The maximum atomic E-state index is 14.3. The van der Waals surface area contributed by atoms with Crippen LogP contribution in [0.2, 0.25) is 10.0 Å². The van der Waals surface area contributed by atoms with Gasteiger partial charge in [-0.1, -0.05) is 66.5 Å². The van der Waals surface area contributed by atoms with Gasteiger partial charge < -0.3 is 19.7 Å². The molecule has 0 radical (unpaired) electrons. The molecule has 0 aromatic heterocycles. The van der Waals surface area contributed by atoms with Crippen molar-refractivity contribution < 1.29 is 27.5 Å². The van der Waals surface area contributed by atoms with E-state index in [4.69, 9.17) is 32.7 Å². The van der Waals surface area contributed by atoms with Crippen LogP contribution in [0.3, 0.4) is 0 Å². The van der Waals surface area contributed by atoms with Crippen molar-refractivity contribution in [2.24, 2.45) is 0 Å². The molecule has 1 N–H and O–H groups in total. The highest BCUT2D eigenvalue weighted by atomic mass is 35.5. The molecule has 0 bridgehead atoms. The smallest absolute Gasteiger partial charge is 0.244 e. The van der Waals surface area contributed by atoms with Crippen LogP contribution in [0, 0.1) is 0 Å². The summed E-state index contributed by atoms with van der Waals surface area (Å²) in [6.45, 7) is 3.96. The van der Waals surface area contributed by atoms with Crippen LogP contribution in [0.1, 0.15) is 31.4 Å². The molecule has 43 heavy (non-hydrogen) atoms. The lowest BCUT2D eigenvalue weighted by atomic mass is 10.0. The first-order valence-corrected chi connectivity index (χ1v) is 16.4. The number of sulfonamides is 1. The zero-order valence-corrected chi connectivity index (χ0v) is 26.4. The topological polar surface area (TPSA) is 105 Å². The van der Waals surface area contributed by atoms with Crippen LogP contribution in [0.25, 0.3) is 0 Å². The fraction of sp³-hybridized carbons (Fsp3) is 0.355. The second-order valence-corrected chi connectivity index (χ2v) is 13.0. The molecule has 3 aromatic rings. The number of carbonyl (C=O) groups excluding carboxylic acids is 2. The van der Waals surface area contributed by atoms with Crippen LogP contribution in [-0.2, 0) is 32.6 Å². The Morgan fingerprint density at radius 3 is 2.35 bits per heavy atom. The van der Waals surface area contributed by atoms with Gasteiger partial charge in [0.2, 0.25) is 21.8 Å². The van der Waals surface area contributed by atoms with Crippen molar-refractivity contribution >= 4 is 50.7 Å². The molecule has 4 rings (SSSR count). The van der Waals surface area contributed by atoms with Crippen molar-refractivity contribution in [3.63, 3.8) is 0 Å². The molecule has 9 nitrogen and oxygen atoms in total. The molecule has 2 amide bonds. The molecule has 0 unspecified atom stereocenters. The van der Waals surface area contributed by atoms with Gasteiger partial charge in [0.05, 0.1) is 11.4 Å². The summed E-state index contributed by atoms with van der Waals surface area (Å²) in [5, 5.41) is 3.65. The lowest BCUT2D eigenvalue weighted by Crippen LogP contribution is -2.53. The molecule has 1 atom stereocenters. The van der Waals surface area contributed by atoms with Crippen LogP contribution in [-0.4, -0.2) is 63.2 Å². The van der Waals surface area contributed by atoms with Gasteiger partial charge in [0.25, 0.3) is 0 Å². The summed E-state index contributed by atoms with van der Waals surface area (Å²) in [5.41, 5.74) is 1.65. The predicted octanol–water partition coefficient (Wildman–Crippen LogP) is 5.09. The minimum Gasteiger partial charge on any atom is -0.486 e. The Balaban J connectivity index is 1.76. The molecule has 0 aliphatic carbocycles. The normalized spacial score (nSPS) is 13.2. The van der Waals surface area contributed by atoms with Gasteiger partial charge >= 0.3 is 0 Å². The van der Waals surface area contributed by atoms with Crippen LogP contribution in [0.15, 0.2) is 66.7 Å². The Labute approximate surface area is 262 Å². The van der Waals surface area contributed by atoms with E-state index >= 15 is 0 Å². The first kappa shape index (κ1) is 32.4. The minimum atomic E-state index is -3.93. The molecular formula is C31H35Cl2N3O6S. The molecule has 1 heterocycles. The van der Waals surface area contributed by atoms with E-state index in [9.17, 15) is 18.0 Å². The Morgan fingerprint density at radius 2 is 1.67 bits per heavy atom. The second kappa shape index (κ2) is 14.8. The molecule has 0 saturated heterocycles. The van der Waals surface area contributed by atoms with E-state index < -0.39 is 28.5 Å². The summed E-state index contributed by atoms with van der Waals surface area (Å²) in [7, 11) is -3.93. The molecule has 0 fully saturated rings. The van der Waals surface area contributed by atoms with Crippen molar-refractivity contribution in [1.29, 1.82) is 0 Å². The summed E-state index contributed by atoms with van der Waals surface area (Å²) in [6.07, 6.45) is 0.908. The van der Waals surface area contributed by atoms with E-state index in [0.717, 1.165) is 9.87 Å². The zero-order valence-electron chi connectivity index (χ0n) is 24.1. The van der Waals surface area contributed by atoms with E-state index in [-0.39, 0.29) is 30.3 Å². The lowest BCUT2D eigenvalue weighted by Gasteiger charge is -2.34. The van der Waals surface area contributed by atoms with Crippen molar-refractivity contribution in [2.45, 2.75) is 39.3 Å². The average Bonchev–Trinajstić information content (AvgIpc) is 3.01. The molecular weight excluding hydrogens is 613 g/mol. The summed E-state index contributed by atoms with van der Waals surface area (Å²) >= 11 is 12.6. The number of nitrogens with zero attached hydrogens (tertiary/aromatic N) is 2. The van der Waals surface area contributed by atoms with Gasteiger partial charge in [-0.3, -0.25) is 13.9 Å². The van der Waals surface area contributed by atoms with Crippen molar-refractivity contribution in [1.82, 2.24) is 10.2 Å². The monoisotopic (exact) mass is 647 g/mol. The maximum absolute atomic E-state index is 14.3. The Morgan fingerprint density at radius 1 is 0.953 bits per heavy atom. The third kappa shape index (κ3) is 8.34. The predicted molar refractivity (Wildman–Crippen MR) is 168 cm³/mol. The Kier molecular flexibility index (Phi) is 11.2. The first-order chi connectivity index (χ1) is 20.6. The number of amides is 2. The van der Waals surface area contributed by atoms with Gasteiger partial charge in [-0.15, -0.1) is 0 Å². The molecule has 0 spiro atoms. The number of rotatable bonds is 13. The SMILES string of the molecule is CCCNC(=O)[C@@H](Cc1ccccc1)N(Cc1ccc(Cl)cc1Cl)C(=O)CN(c1ccc2c(c1)OCCO2)S(=O)(=O)CC. The first-order valence-electron chi connectivity index (χ1n) is 14.1. The van der Waals surface area contributed by atoms with Crippen molar-refractivity contribution in [3.05, 3.63) is 87.9 Å². The van der Waals surface area contributed by atoms with E-state index in [1.807, 2.05) is 37.3 Å². The number of carbonyl (C=O) groups is 2. The van der Waals surface area contributed by atoms with Crippen LogP contribution in [0.5, 0.6) is 11.5 Å².